The van der Waals surface area contributed by atoms with Gasteiger partial charge in [-0.25, -0.2) is 9.97 Å². The number of nitrogens with zero attached hydrogens (tertiary/aromatic N) is 5. The van der Waals surface area contributed by atoms with Gasteiger partial charge in [-0.2, -0.15) is 0 Å². The molecule has 0 amide bonds. The molecule has 5 rings (SSSR count). The Bertz CT molecular complexity index is 1290. The van der Waals surface area contributed by atoms with Crippen molar-refractivity contribution in [2.45, 2.75) is 6.92 Å². The summed E-state index contributed by atoms with van der Waals surface area (Å²) in [5, 5.41) is 9.35. The molecule has 0 saturated carbocycles. The van der Waals surface area contributed by atoms with Crippen LogP contribution in [0.15, 0.2) is 66.9 Å². The zero-order chi connectivity index (χ0) is 18.4. The van der Waals surface area contributed by atoms with Crippen LogP contribution in [-0.4, -0.2) is 24.6 Å². The molecule has 0 saturated heterocycles. The van der Waals surface area contributed by atoms with Crippen LogP contribution < -0.4 is 0 Å². The summed E-state index contributed by atoms with van der Waals surface area (Å²) in [6.45, 7) is 2.06. The third-order valence-electron chi connectivity index (χ3n) is 4.51. The molecule has 0 aliphatic carbocycles. The number of hydrogen-bond donors (Lipinski definition) is 0. The minimum Gasteiger partial charge on any atom is -0.271 e. The lowest BCUT2D eigenvalue weighted by atomic mass is 10.1. The highest BCUT2D eigenvalue weighted by Gasteiger charge is 2.17. The van der Waals surface area contributed by atoms with Crippen molar-refractivity contribution < 1.29 is 0 Å². The van der Waals surface area contributed by atoms with Gasteiger partial charge in [0.15, 0.2) is 11.5 Å². The molecule has 3 heterocycles. The van der Waals surface area contributed by atoms with Gasteiger partial charge in [0.1, 0.15) is 10.8 Å². The highest BCUT2D eigenvalue weighted by molar-refractivity contribution is 6.29. The van der Waals surface area contributed by atoms with Crippen molar-refractivity contribution >= 4 is 28.3 Å². The number of rotatable bonds is 2. The summed E-state index contributed by atoms with van der Waals surface area (Å²) in [4.78, 5) is 8.94. The smallest absolute Gasteiger partial charge is 0.188 e. The van der Waals surface area contributed by atoms with E-state index in [1.807, 2.05) is 46.9 Å². The molecule has 0 aliphatic heterocycles. The van der Waals surface area contributed by atoms with Gasteiger partial charge in [-0.1, -0.05) is 48.0 Å². The van der Waals surface area contributed by atoms with Gasteiger partial charge in [-0.05, 0) is 36.8 Å². The Morgan fingerprint density at radius 1 is 0.889 bits per heavy atom. The molecule has 6 heteroatoms. The number of hydrogen-bond acceptors (Lipinski definition) is 4. The Balaban J connectivity index is 1.93. The second kappa shape index (κ2) is 6.14. The number of benzene rings is 2. The molecule has 0 atom stereocenters. The maximum absolute atomic E-state index is 6.10. The van der Waals surface area contributed by atoms with E-state index in [4.69, 9.17) is 16.6 Å². The van der Waals surface area contributed by atoms with E-state index >= 15 is 0 Å². The van der Waals surface area contributed by atoms with Crippen molar-refractivity contribution in [3.05, 3.63) is 77.6 Å². The summed E-state index contributed by atoms with van der Waals surface area (Å²) in [6, 6.07) is 19.9. The van der Waals surface area contributed by atoms with Crippen LogP contribution in [0.5, 0.6) is 0 Å². The molecule has 0 fully saturated rings. The second-order valence-electron chi connectivity index (χ2n) is 6.37. The lowest BCUT2D eigenvalue weighted by Gasteiger charge is -2.10. The van der Waals surface area contributed by atoms with Crippen molar-refractivity contribution in [1.29, 1.82) is 0 Å². The molecule has 5 nitrogen and oxygen atoms in total. The van der Waals surface area contributed by atoms with E-state index in [1.165, 1.54) is 0 Å². The summed E-state index contributed by atoms with van der Waals surface area (Å²) < 4.78 is 2.04. The summed E-state index contributed by atoms with van der Waals surface area (Å²) >= 11 is 6.10. The maximum atomic E-state index is 6.10. The van der Waals surface area contributed by atoms with E-state index in [-0.39, 0.29) is 0 Å². The van der Waals surface area contributed by atoms with Crippen molar-refractivity contribution in [2.75, 3.05) is 0 Å². The number of pyridine rings is 1. The monoisotopic (exact) mass is 371 g/mol. The first-order chi connectivity index (χ1) is 13.2. The lowest BCUT2D eigenvalue weighted by molar-refractivity contribution is 1.11. The first kappa shape index (κ1) is 15.9. The van der Waals surface area contributed by atoms with Gasteiger partial charge in [0.25, 0.3) is 0 Å². The largest absolute Gasteiger partial charge is 0.271 e. The predicted molar refractivity (Wildman–Crippen MR) is 107 cm³/mol. The Morgan fingerprint density at radius 2 is 1.74 bits per heavy atom. The van der Waals surface area contributed by atoms with Crippen LogP contribution in [0.3, 0.4) is 0 Å². The zero-order valence-electron chi connectivity index (χ0n) is 14.5. The highest BCUT2D eigenvalue weighted by atomic mass is 35.5. The van der Waals surface area contributed by atoms with E-state index in [9.17, 15) is 0 Å². The molecule has 3 aromatic heterocycles. The van der Waals surface area contributed by atoms with Gasteiger partial charge in [0.05, 0.1) is 11.0 Å². The summed E-state index contributed by atoms with van der Waals surface area (Å²) in [5.41, 5.74) is 6.34. The highest BCUT2D eigenvalue weighted by Crippen LogP contribution is 2.30. The van der Waals surface area contributed by atoms with E-state index in [0.717, 1.165) is 33.4 Å². The fourth-order valence-corrected chi connectivity index (χ4v) is 3.44. The van der Waals surface area contributed by atoms with Gasteiger partial charge in [0, 0.05) is 17.3 Å². The molecular weight excluding hydrogens is 358 g/mol. The Kier molecular flexibility index (Phi) is 3.62. The molecule has 0 unspecified atom stereocenters. The van der Waals surface area contributed by atoms with E-state index in [1.54, 1.807) is 12.3 Å². The molecular formula is C21H14ClN5. The summed E-state index contributed by atoms with van der Waals surface area (Å²) in [6.07, 6.45) is 1.67. The van der Waals surface area contributed by atoms with Crippen molar-refractivity contribution in [3.63, 3.8) is 0 Å². The fourth-order valence-electron chi connectivity index (χ4n) is 3.26. The average Bonchev–Trinajstić information content (AvgIpc) is 3.14. The van der Waals surface area contributed by atoms with Crippen molar-refractivity contribution in [1.82, 2.24) is 24.6 Å². The van der Waals surface area contributed by atoms with E-state index in [0.29, 0.717) is 16.6 Å². The standard InChI is InChI=1S/C21H14ClN5/c1-13-7-8-16-17(11-13)27-20(15-9-10-23-18(22)12-15)25-26-21(27)19(24-16)14-5-3-2-4-6-14/h2-12H,1H3. The van der Waals surface area contributed by atoms with Crippen LogP contribution in [0.1, 0.15) is 5.56 Å². The number of aryl methyl sites for hydroxylation is 1. The SMILES string of the molecule is Cc1ccc2nc(-c3ccccc3)c3nnc(-c4ccnc(Cl)c4)n3c2c1. The molecule has 27 heavy (non-hydrogen) atoms. The number of aromatic nitrogens is 5. The Hall–Kier alpha value is -3.31. The minimum absolute atomic E-state index is 0.419. The average molecular weight is 372 g/mol. The van der Waals surface area contributed by atoms with Crippen LogP contribution in [0, 0.1) is 6.92 Å². The topological polar surface area (TPSA) is 56.0 Å². The summed E-state index contributed by atoms with van der Waals surface area (Å²) in [7, 11) is 0. The molecule has 2 aromatic carbocycles. The van der Waals surface area contributed by atoms with Gasteiger partial charge >= 0.3 is 0 Å². The van der Waals surface area contributed by atoms with Crippen LogP contribution >= 0.6 is 11.6 Å². The van der Waals surface area contributed by atoms with Gasteiger partial charge in [-0.3, -0.25) is 4.40 Å². The van der Waals surface area contributed by atoms with Crippen molar-refractivity contribution in [3.8, 4) is 22.6 Å². The van der Waals surface area contributed by atoms with Gasteiger partial charge < -0.3 is 0 Å². The first-order valence-corrected chi connectivity index (χ1v) is 8.91. The Morgan fingerprint density at radius 3 is 2.56 bits per heavy atom. The molecule has 130 valence electrons. The van der Waals surface area contributed by atoms with Crippen LogP contribution in [0.25, 0.3) is 39.3 Å². The quantitative estimate of drug-likeness (QED) is 0.411. The normalized spacial score (nSPS) is 11.3. The molecule has 0 radical (unpaired) electrons. The Labute approximate surface area is 160 Å². The lowest BCUT2D eigenvalue weighted by Crippen LogP contribution is -1.98. The number of fused-ring (bicyclic) bond motifs is 3. The van der Waals surface area contributed by atoms with E-state index < -0.39 is 0 Å². The minimum atomic E-state index is 0.419. The predicted octanol–water partition coefficient (Wildman–Crippen LogP) is 4.97. The molecule has 5 aromatic rings. The van der Waals surface area contributed by atoms with Gasteiger partial charge in [0.2, 0.25) is 0 Å². The third kappa shape index (κ3) is 2.64. The third-order valence-corrected chi connectivity index (χ3v) is 4.72. The van der Waals surface area contributed by atoms with Crippen LogP contribution in [0.2, 0.25) is 5.15 Å². The van der Waals surface area contributed by atoms with E-state index in [2.05, 4.69) is 34.2 Å². The zero-order valence-corrected chi connectivity index (χ0v) is 15.2. The molecule has 0 spiro atoms. The molecule has 0 N–H and O–H groups in total. The number of halogens is 1. The maximum Gasteiger partial charge on any atom is 0.188 e. The van der Waals surface area contributed by atoms with Crippen molar-refractivity contribution in [2.24, 2.45) is 0 Å². The fraction of sp³-hybridized carbons (Fsp3) is 0.0476. The molecule has 0 bridgehead atoms. The first-order valence-electron chi connectivity index (χ1n) is 8.53. The van der Waals surface area contributed by atoms with Gasteiger partial charge in [-0.15, -0.1) is 10.2 Å². The van der Waals surface area contributed by atoms with Crippen LogP contribution in [-0.2, 0) is 0 Å². The second-order valence-corrected chi connectivity index (χ2v) is 6.76. The summed E-state index contributed by atoms with van der Waals surface area (Å²) in [5.74, 6) is 0.712. The van der Waals surface area contributed by atoms with Crippen LogP contribution in [0.4, 0.5) is 0 Å². The molecule has 0 aliphatic rings.